The number of hydrogen-bond donors (Lipinski definition) is 2. The molecule has 0 aliphatic carbocycles. The van der Waals surface area contributed by atoms with Crippen molar-refractivity contribution in [3.8, 4) is 0 Å². The van der Waals surface area contributed by atoms with Crippen LogP contribution in [0.25, 0.3) is 0 Å². The summed E-state index contributed by atoms with van der Waals surface area (Å²) in [6, 6.07) is 0. The Bertz CT molecular complexity index is 397. The van der Waals surface area contributed by atoms with Crippen LogP contribution >= 0.6 is 0 Å². The van der Waals surface area contributed by atoms with Crippen LogP contribution in [0.5, 0.6) is 0 Å². The smallest absolute Gasteiger partial charge is 0.330 e. The molecule has 0 saturated carbocycles. The van der Waals surface area contributed by atoms with Gasteiger partial charge in [-0.1, -0.05) is 13.8 Å². The number of nitrogens with zero attached hydrogens (tertiary/aromatic N) is 3. The van der Waals surface area contributed by atoms with Crippen molar-refractivity contribution in [3.05, 3.63) is 16.3 Å². The molecule has 1 heterocycles. The fraction of sp³-hybridized carbons (Fsp3) is 0.700. The highest BCUT2D eigenvalue weighted by molar-refractivity contribution is 5.54. The lowest BCUT2D eigenvalue weighted by molar-refractivity contribution is -0.384. The fourth-order valence-electron chi connectivity index (χ4n) is 1.50. The molecule has 0 radical (unpaired) electrons. The van der Waals surface area contributed by atoms with Gasteiger partial charge in [-0.15, -0.1) is 5.10 Å². The summed E-state index contributed by atoms with van der Waals surface area (Å²) in [4.78, 5) is 10.3. The third-order valence-electron chi connectivity index (χ3n) is 3.02. The molecule has 0 unspecified atom stereocenters. The van der Waals surface area contributed by atoms with Crippen molar-refractivity contribution in [2.75, 3.05) is 11.9 Å². The number of anilines is 1. The van der Waals surface area contributed by atoms with E-state index >= 15 is 0 Å². The number of nitrogens with two attached hydrogens (primary N) is 1. The molecule has 0 aliphatic heterocycles. The Balaban J connectivity index is 2.78. The van der Waals surface area contributed by atoms with E-state index in [-0.39, 0.29) is 17.0 Å². The molecule has 0 aliphatic rings. The van der Waals surface area contributed by atoms with Crippen LogP contribution in [0.1, 0.15) is 26.7 Å². The first kappa shape index (κ1) is 13.4. The Labute approximate surface area is 100 Å². The van der Waals surface area contributed by atoms with Gasteiger partial charge in [-0.05, 0) is 12.8 Å². The molecule has 0 saturated heterocycles. The lowest BCUT2D eigenvalue weighted by Crippen LogP contribution is -2.45. The average Bonchev–Trinajstić information content (AvgIpc) is 2.68. The Hall–Kier alpha value is -1.63. The molecule has 7 nitrogen and oxygen atoms in total. The van der Waals surface area contributed by atoms with E-state index in [0.717, 1.165) is 12.8 Å². The molecule has 7 heteroatoms. The third kappa shape index (κ3) is 3.16. The maximum atomic E-state index is 10.8. The van der Waals surface area contributed by atoms with E-state index in [1.54, 1.807) is 7.05 Å². The standard InChI is InChI=1S/C10H19N5O2/c1-4-10(11,5-2)7-12-9-8(15(16)17)6-14(3)13-9/h6H,4-5,7,11H2,1-3H3,(H,12,13). The first-order chi connectivity index (χ1) is 7.91. The molecule has 0 bridgehead atoms. The van der Waals surface area contributed by atoms with E-state index in [0.29, 0.717) is 6.54 Å². The summed E-state index contributed by atoms with van der Waals surface area (Å²) in [5, 5.41) is 17.8. The normalized spacial score (nSPS) is 11.5. The fourth-order valence-corrected chi connectivity index (χ4v) is 1.50. The Morgan fingerprint density at radius 2 is 2.18 bits per heavy atom. The molecule has 3 N–H and O–H groups in total. The highest BCUT2D eigenvalue weighted by Gasteiger charge is 2.24. The third-order valence-corrected chi connectivity index (χ3v) is 3.02. The van der Waals surface area contributed by atoms with Gasteiger partial charge in [-0.25, -0.2) is 0 Å². The Morgan fingerprint density at radius 3 is 2.65 bits per heavy atom. The summed E-state index contributed by atoms with van der Waals surface area (Å²) in [5.41, 5.74) is 5.73. The first-order valence-corrected chi connectivity index (χ1v) is 5.62. The van der Waals surface area contributed by atoms with Gasteiger partial charge in [-0.3, -0.25) is 14.8 Å². The second-order valence-electron chi connectivity index (χ2n) is 4.22. The van der Waals surface area contributed by atoms with Crippen LogP contribution in [0.3, 0.4) is 0 Å². The van der Waals surface area contributed by atoms with E-state index in [9.17, 15) is 10.1 Å². The summed E-state index contributed by atoms with van der Waals surface area (Å²) in [5.74, 6) is 0.272. The SMILES string of the molecule is CCC(N)(CC)CNc1nn(C)cc1[N+](=O)[O-]. The van der Waals surface area contributed by atoms with Crippen LogP contribution in [0.4, 0.5) is 11.5 Å². The minimum Gasteiger partial charge on any atom is -0.361 e. The number of aromatic nitrogens is 2. The second kappa shape index (κ2) is 5.13. The number of nitro groups is 1. The predicted octanol–water partition coefficient (Wildman–Crippen LogP) is 1.26. The lowest BCUT2D eigenvalue weighted by atomic mass is 9.94. The molecule has 96 valence electrons. The number of hydrogen-bond acceptors (Lipinski definition) is 5. The Kier molecular flexibility index (Phi) is 4.06. The molecule has 0 fully saturated rings. The average molecular weight is 241 g/mol. The molecule has 1 aromatic heterocycles. The van der Waals surface area contributed by atoms with Crippen LogP contribution in [0, 0.1) is 10.1 Å². The summed E-state index contributed by atoms with van der Waals surface area (Å²) in [6.07, 6.45) is 2.98. The zero-order chi connectivity index (χ0) is 13.1. The van der Waals surface area contributed by atoms with Gasteiger partial charge in [0.1, 0.15) is 6.20 Å². The highest BCUT2D eigenvalue weighted by Crippen LogP contribution is 2.22. The zero-order valence-electron chi connectivity index (χ0n) is 10.4. The van der Waals surface area contributed by atoms with Crippen molar-refractivity contribution in [2.24, 2.45) is 12.8 Å². The van der Waals surface area contributed by atoms with Crippen LogP contribution in [0.2, 0.25) is 0 Å². The molecule has 0 aromatic carbocycles. The van der Waals surface area contributed by atoms with Crippen LogP contribution in [-0.4, -0.2) is 26.8 Å². The van der Waals surface area contributed by atoms with E-state index in [2.05, 4.69) is 10.4 Å². The monoisotopic (exact) mass is 241 g/mol. The minimum absolute atomic E-state index is 0.0259. The zero-order valence-corrected chi connectivity index (χ0v) is 10.4. The molecular weight excluding hydrogens is 222 g/mol. The van der Waals surface area contributed by atoms with Crippen molar-refractivity contribution in [1.82, 2.24) is 9.78 Å². The summed E-state index contributed by atoms with van der Waals surface area (Å²) in [6.45, 7) is 4.47. The van der Waals surface area contributed by atoms with Gasteiger partial charge in [0.05, 0.1) is 4.92 Å². The van der Waals surface area contributed by atoms with E-state index < -0.39 is 4.92 Å². The summed E-state index contributed by atoms with van der Waals surface area (Å²) in [7, 11) is 1.65. The van der Waals surface area contributed by atoms with Crippen LogP contribution in [0.15, 0.2) is 6.20 Å². The van der Waals surface area contributed by atoms with Crippen molar-refractivity contribution in [1.29, 1.82) is 0 Å². The van der Waals surface area contributed by atoms with Gasteiger partial charge in [0.2, 0.25) is 5.82 Å². The molecule has 0 amide bonds. The molecule has 1 aromatic rings. The van der Waals surface area contributed by atoms with E-state index in [1.165, 1.54) is 10.9 Å². The highest BCUT2D eigenvalue weighted by atomic mass is 16.6. The van der Waals surface area contributed by atoms with E-state index in [1.807, 2.05) is 13.8 Å². The maximum Gasteiger partial charge on any atom is 0.330 e. The van der Waals surface area contributed by atoms with Gasteiger partial charge in [-0.2, -0.15) is 0 Å². The van der Waals surface area contributed by atoms with Crippen LogP contribution in [-0.2, 0) is 7.05 Å². The summed E-state index contributed by atoms with van der Waals surface area (Å²) < 4.78 is 1.41. The number of nitrogens with one attached hydrogen (secondary N) is 1. The molecule has 1 rings (SSSR count). The number of aryl methyl sites for hydroxylation is 1. The number of rotatable bonds is 6. The second-order valence-corrected chi connectivity index (χ2v) is 4.22. The van der Waals surface area contributed by atoms with Crippen molar-refractivity contribution in [2.45, 2.75) is 32.2 Å². The first-order valence-electron chi connectivity index (χ1n) is 5.62. The van der Waals surface area contributed by atoms with Crippen LogP contribution < -0.4 is 11.1 Å². The van der Waals surface area contributed by atoms with Gasteiger partial charge >= 0.3 is 5.69 Å². The molecular formula is C10H19N5O2. The largest absolute Gasteiger partial charge is 0.361 e. The maximum absolute atomic E-state index is 10.8. The molecule has 0 atom stereocenters. The van der Waals surface area contributed by atoms with Gasteiger partial charge < -0.3 is 11.1 Å². The van der Waals surface area contributed by atoms with Gasteiger partial charge in [0.25, 0.3) is 0 Å². The predicted molar refractivity (Wildman–Crippen MR) is 65.9 cm³/mol. The lowest BCUT2D eigenvalue weighted by Gasteiger charge is -2.26. The van der Waals surface area contributed by atoms with Crippen molar-refractivity contribution >= 4 is 11.5 Å². The van der Waals surface area contributed by atoms with E-state index in [4.69, 9.17) is 5.73 Å². The minimum atomic E-state index is -0.453. The topological polar surface area (TPSA) is 99.0 Å². The molecule has 0 spiro atoms. The Morgan fingerprint density at radius 1 is 1.59 bits per heavy atom. The molecule has 17 heavy (non-hydrogen) atoms. The van der Waals surface area contributed by atoms with Gasteiger partial charge in [0.15, 0.2) is 0 Å². The van der Waals surface area contributed by atoms with Crippen molar-refractivity contribution < 1.29 is 4.92 Å². The summed E-state index contributed by atoms with van der Waals surface area (Å²) >= 11 is 0. The van der Waals surface area contributed by atoms with Crippen molar-refractivity contribution in [3.63, 3.8) is 0 Å². The van der Waals surface area contributed by atoms with Gasteiger partial charge in [0, 0.05) is 19.1 Å². The quantitative estimate of drug-likeness (QED) is 0.577.